The number of primary amides is 1. The first kappa shape index (κ1) is 6.74. The Morgan fingerprint density at radius 3 is 2.80 bits per heavy atom. The zero-order valence-electron chi connectivity index (χ0n) is 5.10. The molecule has 0 fully saturated rings. The van der Waals surface area contributed by atoms with E-state index in [1.54, 1.807) is 0 Å². The largest absolute Gasteiger partial charge is 0.365 e. The minimum Gasteiger partial charge on any atom is -0.365 e. The van der Waals surface area contributed by atoms with Crippen molar-refractivity contribution in [1.82, 2.24) is 0 Å². The smallest absolute Gasteiger partial charge is 0.252 e. The van der Waals surface area contributed by atoms with Crippen molar-refractivity contribution < 1.29 is 9.18 Å². The molecule has 1 amide bonds. The van der Waals surface area contributed by atoms with E-state index in [4.69, 9.17) is 5.73 Å². The molecule has 0 aliphatic heterocycles. The average molecular weight is 138 g/mol. The predicted octanol–water partition coefficient (Wildman–Crippen LogP) is 0.725. The summed E-state index contributed by atoms with van der Waals surface area (Å²) in [5.74, 6) is -1.42. The predicted molar refractivity (Wildman–Crippen MR) is 33.8 cm³/mol. The van der Waals surface area contributed by atoms with Gasteiger partial charge in [-0.3, -0.25) is 4.79 Å². The summed E-state index contributed by atoms with van der Waals surface area (Å²) in [4.78, 5) is 10.4. The van der Waals surface area contributed by atoms with E-state index in [9.17, 15) is 9.18 Å². The zero-order chi connectivity index (χ0) is 7.56. The summed E-state index contributed by atoms with van der Waals surface area (Å²) >= 11 is 0. The number of carbonyl (C=O) groups excluding carboxylic acids is 1. The lowest BCUT2D eigenvalue weighted by atomic mass is 10.2. The third-order valence-corrected chi connectivity index (χ3v) is 1.05. The highest BCUT2D eigenvalue weighted by Gasteiger charge is 2.04. The highest BCUT2D eigenvalue weighted by molar-refractivity contribution is 5.92. The lowest BCUT2D eigenvalue weighted by Crippen LogP contribution is -2.12. The number of nitrogens with two attached hydrogens (primary N) is 1. The first-order valence-electron chi connectivity index (χ1n) is 2.68. The van der Waals surface area contributed by atoms with Gasteiger partial charge in [-0.15, -0.1) is 0 Å². The van der Waals surface area contributed by atoms with Gasteiger partial charge in [0, 0.05) is 0 Å². The Hall–Kier alpha value is -1.38. The number of amides is 1. The van der Waals surface area contributed by atoms with Crippen molar-refractivity contribution in [3.8, 4) is 0 Å². The van der Waals surface area contributed by atoms with Gasteiger partial charge in [-0.05, 0) is 12.1 Å². The third-order valence-electron chi connectivity index (χ3n) is 1.05. The van der Waals surface area contributed by atoms with E-state index < -0.39 is 11.7 Å². The number of hydrogen-bond donors (Lipinski definition) is 1. The van der Waals surface area contributed by atoms with E-state index in [1.807, 2.05) is 0 Å². The molecular formula is C7H5FNO. The Labute approximate surface area is 57.5 Å². The molecule has 0 spiro atoms. The number of benzene rings is 1. The maximum absolute atomic E-state index is 12.5. The van der Waals surface area contributed by atoms with Crippen LogP contribution in [-0.2, 0) is 0 Å². The van der Waals surface area contributed by atoms with Crippen molar-refractivity contribution in [2.24, 2.45) is 5.73 Å². The molecule has 0 unspecified atom stereocenters. The van der Waals surface area contributed by atoms with E-state index in [-0.39, 0.29) is 5.56 Å². The first-order chi connectivity index (χ1) is 4.72. The molecular weight excluding hydrogens is 133 g/mol. The fraction of sp³-hybridized carbons (Fsp3) is 0. The van der Waals surface area contributed by atoms with E-state index in [0.29, 0.717) is 0 Å². The molecule has 2 N–H and O–H groups in total. The molecule has 1 aromatic carbocycles. The van der Waals surface area contributed by atoms with Crippen LogP contribution in [0.2, 0.25) is 0 Å². The molecule has 0 atom stereocenters. The van der Waals surface area contributed by atoms with Crippen molar-refractivity contribution in [2.75, 3.05) is 0 Å². The fourth-order valence-electron chi connectivity index (χ4n) is 0.605. The van der Waals surface area contributed by atoms with E-state index >= 15 is 0 Å². The van der Waals surface area contributed by atoms with Gasteiger partial charge in [0.1, 0.15) is 5.82 Å². The monoisotopic (exact) mass is 138 g/mol. The maximum Gasteiger partial charge on any atom is 0.252 e. The molecule has 51 valence electrons. The maximum atomic E-state index is 12.5. The minimum atomic E-state index is -0.793. The summed E-state index contributed by atoms with van der Waals surface area (Å²) in [6.45, 7) is 0. The molecule has 1 radical (unpaired) electrons. The normalized spacial score (nSPS) is 9.30. The Bertz CT molecular complexity index is 260. The molecule has 0 aliphatic rings. The van der Waals surface area contributed by atoms with Gasteiger partial charge in [-0.2, -0.15) is 0 Å². The van der Waals surface area contributed by atoms with E-state index in [1.165, 1.54) is 12.1 Å². The van der Waals surface area contributed by atoms with Gasteiger partial charge in [0.2, 0.25) is 0 Å². The highest BCUT2D eigenvalue weighted by atomic mass is 19.1. The number of rotatable bonds is 1. The summed E-state index contributed by atoms with van der Waals surface area (Å²) in [6.07, 6.45) is 0. The quantitative estimate of drug-likeness (QED) is 0.610. The fourth-order valence-corrected chi connectivity index (χ4v) is 0.605. The van der Waals surface area contributed by atoms with Gasteiger partial charge >= 0.3 is 0 Å². The van der Waals surface area contributed by atoms with Gasteiger partial charge in [0.15, 0.2) is 0 Å². The van der Waals surface area contributed by atoms with Crippen molar-refractivity contribution in [2.45, 2.75) is 0 Å². The molecule has 0 aliphatic carbocycles. The lowest BCUT2D eigenvalue weighted by molar-refractivity contribution is 0.0996. The van der Waals surface area contributed by atoms with Crippen molar-refractivity contribution in [3.63, 3.8) is 0 Å². The second-order valence-electron chi connectivity index (χ2n) is 1.76. The summed E-state index contributed by atoms with van der Waals surface area (Å²) in [6, 6.07) is 6.43. The van der Waals surface area contributed by atoms with Gasteiger partial charge < -0.3 is 5.73 Å². The average Bonchev–Trinajstić information content (AvgIpc) is 1.88. The third kappa shape index (κ3) is 1.13. The van der Waals surface area contributed by atoms with Crippen LogP contribution in [-0.4, -0.2) is 5.91 Å². The molecule has 1 aromatic rings. The molecule has 0 saturated heterocycles. The van der Waals surface area contributed by atoms with E-state index in [2.05, 4.69) is 6.07 Å². The highest BCUT2D eigenvalue weighted by Crippen LogP contribution is 2.02. The van der Waals surface area contributed by atoms with Gasteiger partial charge in [0.05, 0.1) is 5.56 Å². The Morgan fingerprint density at radius 1 is 1.70 bits per heavy atom. The summed E-state index contributed by atoms with van der Waals surface area (Å²) in [5.41, 5.74) is 4.61. The van der Waals surface area contributed by atoms with Crippen molar-refractivity contribution in [1.29, 1.82) is 0 Å². The Morgan fingerprint density at radius 2 is 2.40 bits per heavy atom. The second-order valence-corrected chi connectivity index (χ2v) is 1.76. The molecule has 2 nitrogen and oxygen atoms in total. The van der Waals surface area contributed by atoms with Crippen molar-refractivity contribution in [3.05, 3.63) is 35.6 Å². The van der Waals surface area contributed by atoms with Gasteiger partial charge in [-0.1, -0.05) is 12.1 Å². The molecule has 1 rings (SSSR count). The molecule has 0 aromatic heterocycles. The Balaban J connectivity index is 3.15. The molecule has 0 heterocycles. The minimum absolute atomic E-state index is 0.192. The molecule has 3 heteroatoms. The van der Waals surface area contributed by atoms with Gasteiger partial charge in [-0.25, -0.2) is 4.39 Å². The van der Waals surface area contributed by atoms with Gasteiger partial charge in [0.25, 0.3) is 5.91 Å². The van der Waals surface area contributed by atoms with E-state index in [0.717, 1.165) is 6.07 Å². The van der Waals surface area contributed by atoms with Crippen LogP contribution in [0.15, 0.2) is 18.2 Å². The second kappa shape index (κ2) is 2.47. The molecule has 0 saturated carbocycles. The van der Waals surface area contributed by atoms with Crippen molar-refractivity contribution >= 4 is 5.91 Å². The lowest BCUT2D eigenvalue weighted by Gasteiger charge is -1.93. The first-order valence-corrected chi connectivity index (χ1v) is 2.68. The molecule has 10 heavy (non-hydrogen) atoms. The summed E-state index contributed by atoms with van der Waals surface area (Å²) < 4.78 is 12.5. The van der Waals surface area contributed by atoms with Crippen LogP contribution in [0, 0.1) is 11.9 Å². The zero-order valence-corrected chi connectivity index (χ0v) is 5.10. The van der Waals surface area contributed by atoms with Crippen LogP contribution in [0.1, 0.15) is 10.4 Å². The SMILES string of the molecule is NC(=O)c1[c]cccc1F. The number of halogens is 1. The Kier molecular flexibility index (Phi) is 1.67. The van der Waals surface area contributed by atoms with Crippen LogP contribution in [0.25, 0.3) is 0 Å². The van der Waals surface area contributed by atoms with Crippen LogP contribution in [0.3, 0.4) is 0 Å². The molecule has 0 bridgehead atoms. The van der Waals surface area contributed by atoms with Crippen LogP contribution in [0.5, 0.6) is 0 Å². The number of hydrogen-bond acceptors (Lipinski definition) is 1. The standard InChI is InChI=1S/C7H5FNO/c8-6-4-2-1-3-5(6)7(9)10/h1-2,4H,(H2,9,10). The van der Waals surface area contributed by atoms with Crippen LogP contribution >= 0.6 is 0 Å². The van der Waals surface area contributed by atoms with Crippen LogP contribution in [0.4, 0.5) is 4.39 Å². The summed E-state index contributed by atoms with van der Waals surface area (Å²) in [7, 11) is 0. The number of carbonyl (C=O) groups is 1. The summed E-state index contributed by atoms with van der Waals surface area (Å²) in [5, 5.41) is 0. The topological polar surface area (TPSA) is 43.1 Å². The van der Waals surface area contributed by atoms with Crippen LogP contribution < -0.4 is 5.73 Å².